The van der Waals surface area contributed by atoms with Crippen LogP contribution in [0.1, 0.15) is 11.1 Å². The van der Waals surface area contributed by atoms with E-state index in [-0.39, 0.29) is 5.91 Å². The number of benzene rings is 5. The van der Waals surface area contributed by atoms with Gasteiger partial charge < -0.3 is 5.32 Å². The van der Waals surface area contributed by atoms with E-state index in [2.05, 4.69) is 66.0 Å². The number of hydrogen-bond donors (Lipinski definition) is 1. The van der Waals surface area contributed by atoms with Crippen LogP contribution in [0.2, 0.25) is 0 Å². The fourth-order valence-electron chi connectivity index (χ4n) is 4.43. The van der Waals surface area contributed by atoms with Crippen LogP contribution < -0.4 is 5.32 Å². The van der Waals surface area contributed by atoms with Crippen molar-refractivity contribution in [3.8, 4) is 0 Å². The number of thiazole rings is 1. The van der Waals surface area contributed by atoms with Crippen molar-refractivity contribution in [1.82, 2.24) is 4.98 Å². The fourth-order valence-corrected chi connectivity index (χ4v) is 6.54. The predicted octanol–water partition coefficient (Wildman–Crippen LogP) is 8.08. The minimum Gasteiger partial charge on any atom is -0.326 e. The highest BCUT2D eigenvalue weighted by Crippen LogP contribution is 2.34. The van der Waals surface area contributed by atoms with Crippen LogP contribution in [-0.2, 0) is 17.0 Å². The van der Waals surface area contributed by atoms with Crippen molar-refractivity contribution in [2.24, 2.45) is 0 Å². The number of nitrogens with one attached hydrogen (secondary N) is 1. The lowest BCUT2D eigenvalue weighted by atomic mass is 10.0. The molecule has 0 aliphatic rings. The summed E-state index contributed by atoms with van der Waals surface area (Å²) in [5, 5.41) is 7.89. The average molecular weight is 491 g/mol. The molecule has 0 fully saturated rings. The Labute approximate surface area is 211 Å². The fraction of sp³-hybridized carbons (Fsp3) is 0.0667. The Morgan fingerprint density at radius 2 is 1.43 bits per heavy atom. The lowest BCUT2D eigenvalue weighted by Crippen LogP contribution is -2.14. The summed E-state index contributed by atoms with van der Waals surface area (Å²) in [5.74, 6) is 0.853. The second-order valence-electron chi connectivity index (χ2n) is 8.45. The lowest BCUT2D eigenvalue weighted by molar-refractivity contribution is -0.115. The minimum absolute atomic E-state index is 0.0178. The van der Waals surface area contributed by atoms with E-state index in [0.717, 1.165) is 42.3 Å². The molecule has 0 spiro atoms. The summed E-state index contributed by atoms with van der Waals surface area (Å²) in [6.07, 6.45) is 0.341. The number of nitrogens with zero attached hydrogens (tertiary/aromatic N) is 1. The van der Waals surface area contributed by atoms with Crippen LogP contribution in [0.4, 0.5) is 5.69 Å². The summed E-state index contributed by atoms with van der Waals surface area (Å²) in [4.78, 5) is 17.6. The van der Waals surface area contributed by atoms with Crippen LogP contribution in [0, 0.1) is 0 Å². The normalized spacial score (nSPS) is 11.3. The van der Waals surface area contributed by atoms with Crippen LogP contribution in [0.15, 0.2) is 107 Å². The summed E-state index contributed by atoms with van der Waals surface area (Å²) in [5.41, 5.74) is 4.11. The Kier molecular flexibility index (Phi) is 5.94. The molecular weight excluding hydrogens is 468 g/mol. The Bertz CT molecular complexity index is 1680. The van der Waals surface area contributed by atoms with Crippen LogP contribution >= 0.6 is 23.1 Å². The second kappa shape index (κ2) is 9.53. The first-order valence-electron chi connectivity index (χ1n) is 11.5. The van der Waals surface area contributed by atoms with Crippen molar-refractivity contribution in [3.05, 3.63) is 114 Å². The van der Waals surface area contributed by atoms with Gasteiger partial charge in [0.25, 0.3) is 0 Å². The van der Waals surface area contributed by atoms with Crippen molar-refractivity contribution >= 4 is 66.5 Å². The molecule has 1 heterocycles. The Morgan fingerprint density at radius 1 is 0.771 bits per heavy atom. The van der Waals surface area contributed by atoms with E-state index in [4.69, 9.17) is 4.98 Å². The first-order valence-corrected chi connectivity index (χ1v) is 13.3. The van der Waals surface area contributed by atoms with E-state index in [9.17, 15) is 4.79 Å². The van der Waals surface area contributed by atoms with Gasteiger partial charge in [-0.1, -0.05) is 96.7 Å². The number of rotatable bonds is 6. The topological polar surface area (TPSA) is 42.0 Å². The molecule has 5 heteroatoms. The molecule has 0 aliphatic heterocycles. The summed E-state index contributed by atoms with van der Waals surface area (Å²) in [6, 6.07) is 35.2. The van der Waals surface area contributed by atoms with Crippen LogP contribution in [0.3, 0.4) is 0 Å². The molecule has 35 heavy (non-hydrogen) atoms. The number of hydrogen-bond acceptors (Lipinski definition) is 4. The summed E-state index contributed by atoms with van der Waals surface area (Å²) in [6.45, 7) is 0. The van der Waals surface area contributed by atoms with Gasteiger partial charge in [-0.05, 0) is 50.9 Å². The van der Waals surface area contributed by atoms with E-state index in [1.807, 2.05) is 42.5 Å². The zero-order valence-corrected chi connectivity index (χ0v) is 20.5. The van der Waals surface area contributed by atoms with Crippen molar-refractivity contribution in [2.45, 2.75) is 16.5 Å². The lowest BCUT2D eigenvalue weighted by Gasteiger charge is -2.08. The monoisotopic (exact) mass is 490 g/mol. The molecule has 0 saturated carbocycles. The molecule has 0 unspecified atom stereocenters. The van der Waals surface area contributed by atoms with Gasteiger partial charge in [0.05, 0.1) is 16.6 Å². The third-order valence-electron chi connectivity index (χ3n) is 6.11. The van der Waals surface area contributed by atoms with Crippen molar-refractivity contribution in [2.75, 3.05) is 5.32 Å². The van der Waals surface area contributed by atoms with E-state index < -0.39 is 0 Å². The highest BCUT2D eigenvalue weighted by Gasteiger charge is 2.10. The van der Waals surface area contributed by atoms with Gasteiger partial charge in [-0.25, -0.2) is 4.98 Å². The van der Waals surface area contributed by atoms with Gasteiger partial charge in [0.15, 0.2) is 4.34 Å². The number of aromatic nitrogens is 1. The van der Waals surface area contributed by atoms with E-state index in [1.54, 1.807) is 23.1 Å². The molecule has 6 rings (SSSR count). The number of carbonyl (C=O) groups is 1. The van der Waals surface area contributed by atoms with Gasteiger partial charge >= 0.3 is 0 Å². The number of carbonyl (C=O) groups excluding carboxylic acids is 1. The quantitative estimate of drug-likeness (QED) is 0.240. The maximum absolute atomic E-state index is 12.8. The zero-order chi connectivity index (χ0) is 23.6. The third-order valence-corrected chi connectivity index (χ3v) is 8.32. The van der Waals surface area contributed by atoms with Crippen LogP contribution in [0.5, 0.6) is 0 Å². The molecule has 0 bridgehead atoms. The molecule has 0 saturated heterocycles. The molecule has 6 aromatic rings. The van der Waals surface area contributed by atoms with Gasteiger partial charge in [-0.3, -0.25) is 4.79 Å². The van der Waals surface area contributed by atoms with Gasteiger partial charge in [0, 0.05) is 11.4 Å². The molecule has 170 valence electrons. The Balaban J connectivity index is 1.16. The number of thioether (sulfide) groups is 1. The minimum atomic E-state index is -0.0178. The van der Waals surface area contributed by atoms with Crippen molar-refractivity contribution < 1.29 is 4.79 Å². The zero-order valence-electron chi connectivity index (χ0n) is 18.9. The molecule has 1 amide bonds. The predicted molar refractivity (Wildman–Crippen MR) is 149 cm³/mol. The standard InChI is InChI=1S/C30H22N2OS2/c33-29(17-22-11-5-9-20-7-1-3-13-25(20)22)31-24-15-16-27-28(18-24)35-30(32-27)34-19-23-12-6-10-21-8-2-4-14-26(21)23/h1-16,18H,17,19H2,(H,31,33). The average Bonchev–Trinajstić information content (AvgIpc) is 3.30. The second-order valence-corrected chi connectivity index (χ2v) is 10.7. The Morgan fingerprint density at radius 3 is 2.20 bits per heavy atom. The molecule has 5 aromatic carbocycles. The number of anilines is 1. The molecule has 0 radical (unpaired) electrons. The molecular formula is C30H22N2OS2. The number of amides is 1. The molecule has 0 atom stereocenters. The summed E-state index contributed by atoms with van der Waals surface area (Å²) < 4.78 is 2.11. The molecule has 1 N–H and O–H groups in total. The summed E-state index contributed by atoms with van der Waals surface area (Å²) in [7, 11) is 0. The smallest absolute Gasteiger partial charge is 0.228 e. The highest BCUT2D eigenvalue weighted by atomic mass is 32.2. The number of fused-ring (bicyclic) bond motifs is 3. The first kappa shape index (κ1) is 21.8. The third kappa shape index (κ3) is 4.65. The van der Waals surface area contributed by atoms with E-state index in [1.165, 1.54) is 16.3 Å². The highest BCUT2D eigenvalue weighted by molar-refractivity contribution is 8.00. The largest absolute Gasteiger partial charge is 0.326 e. The maximum Gasteiger partial charge on any atom is 0.228 e. The maximum atomic E-state index is 12.8. The van der Waals surface area contributed by atoms with Crippen LogP contribution in [-0.4, -0.2) is 10.9 Å². The van der Waals surface area contributed by atoms with Gasteiger partial charge in [0.2, 0.25) is 5.91 Å². The Hall–Kier alpha value is -3.67. The summed E-state index contributed by atoms with van der Waals surface area (Å²) >= 11 is 3.43. The van der Waals surface area contributed by atoms with Gasteiger partial charge in [-0.2, -0.15) is 0 Å². The van der Waals surface area contributed by atoms with Crippen molar-refractivity contribution in [3.63, 3.8) is 0 Å². The molecule has 3 nitrogen and oxygen atoms in total. The first-order chi connectivity index (χ1) is 17.2. The van der Waals surface area contributed by atoms with Gasteiger partial charge in [0.1, 0.15) is 0 Å². The van der Waals surface area contributed by atoms with Crippen molar-refractivity contribution in [1.29, 1.82) is 0 Å². The molecule has 1 aromatic heterocycles. The SMILES string of the molecule is O=C(Cc1cccc2ccccc12)Nc1ccc2nc(SCc3cccc4ccccc34)sc2c1. The van der Waals surface area contributed by atoms with E-state index >= 15 is 0 Å². The van der Waals surface area contributed by atoms with Crippen LogP contribution in [0.25, 0.3) is 31.8 Å². The van der Waals surface area contributed by atoms with E-state index in [0.29, 0.717) is 6.42 Å². The van der Waals surface area contributed by atoms with Gasteiger partial charge in [-0.15, -0.1) is 11.3 Å². The molecule has 0 aliphatic carbocycles.